The van der Waals surface area contributed by atoms with E-state index < -0.39 is 0 Å². The van der Waals surface area contributed by atoms with Gasteiger partial charge < -0.3 is 20.7 Å². The van der Waals surface area contributed by atoms with E-state index in [4.69, 9.17) is 10.5 Å². The van der Waals surface area contributed by atoms with Crippen molar-refractivity contribution < 1.29 is 9.53 Å². The summed E-state index contributed by atoms with van der Waals surface area (Å²) < 4.78 is 5.97. The fourth-order valence-corrected chi connectivity index (χ4v) is 3.04. The van der Waals surface area contributed by atoms with Gasteiger partial charge in [-0.05, 0) is 55.7 Å². The fourth-order valence-electron chi connectivity index (χ4n) is 3.04. The van der Waals surface area contributed by atoms with Crippen LogP contribution in [0.2, 0.25) is 0 Å². The van der Waals surface area contributed by atoms with E-state index in [0.29, 0.717) is 12.2 Å². The number of amides is 1. The van der Waals surface area contributed by atoms with Crippen LogP contribution in [0.25, 0.3) is 0 Å². The van der Waals surface area contributed by atoms with Gasteiger partial charge in [0, 0.05) is 11.4 Å². The van der Waals surface area contributed by atoms with Crippen molar-refractivity contribution in [1.29, 1.82) is 0 Å². The molecule has 2 aromatic rings. The van der Waals surface area contributed by atoms with Crippen LogP contribution in [0.15, 0.2) is 36.4 Å². The molecule has 0 radical (unpaired) electrons. The molecule has 0 bridgehead atoms. The van der Waals surface area contributed by atoms with E-state index >= 15 is 0 Å². The van der Waals surface area contributed by atoms with E-state index in [1.807, 2.05) is 55.1 Å². The summed E-state index contributed by atoms with van der Waals surface area (Å²) in [7, 11) is 0. The maximum atomic E-state index is 12.6. The summed E-state index contributed by atoms with van der Waals surface area (Å²) >= 11 is 0. The molecule has 3 N–H and O–H groups in total. The predicted molar refractivity (Wildman–Crippen MR) is 102 cm³/mol. The Hall–Kier alpha value is -2.69. The molecule has 5 heteroatoms. The number of nitrogens with two attached hydrogens (primary N) is 1. The highest BCUT2D eigenvalue weighted by molar-refractivity contribution is 5.95. The van der Waals surface area contributed by atoms with Gasteiger partial charge in [0.1, 0.15) is 11.9 Å². The highest BCUT2D eigenvalue weighted by Crippen LogP contribution is 2.35. The van der Waals surface area contributed by atoms with Gasteiger partial charge >= 0.3 is 0 Å². The Morgan fingerprint density at radius 1 is 1.28 bits per heavy atom. The van der Waals surface area contributed by atoms with Crippen LogP contribution in [0.3, 0.4) is 0 Å². The Kier molecular flexibility index (Phi) is 4.83. The molecule has 0 aromatic heterocycles. The van der Waals surface area contributed by atoms with Gasteiger partial charge in [-0.1, -0.05) is 19.1 Å². The summed E-state index contributed by atoms with van der Waals surface area (Å²) in [6.45, 7) is 7.03. The minimum atomic E-state index is -0.0428. The zero-order valence-electron chi connectivity index (χ0n) is 15.0. The van der Waals surface area contributed by atoms with Crippen molar-refractivity contribution in [2.75, 3.05) is 29.0 Å². The van der Waals surface area contributed by atoms with E-state index in [1.54, 1.807) is 0 Å². The molecule has 0 saturated heterocycles. The third kappa shape index (κ3) is 3.87. The van der Waals surface area contributed by atoms with Gasteiger partial charge in [0.25, 0.3) is 0 Å². The highest BCUT2D eigenvalue weighted by atomic mass is 16.5. The second-order valence-corrected chi connectivity index (χ2v) is 6.62. The minimum absolute atomic E-state index is 0.0428. The molecule has 1 aliphatic rings. The van der Waals surface area contributed by atoms with Crippen molar-refractivity contribution in [2.24, 2.45) is 0 Å². The largest absolute Gasteiger partial charge is 0.486 e. The lowest BCUT2D eigenvalue weighted by Crippen LogP contribution is -2.43. The highest BCUT2D eigenvalue weighted by Gasteiger charge is 2.26. The molecule has 25 heavy (non-hydrogen) atoms. The lowest BCUT2D eigenvalue weighted by molar-refractivity contribution is -0.115. The molecule has 0 saturated carbocycles. The molecular weight excluding hydrogens is 314 g/mol. The van der Waals surface area contributed by atoms with Crippen LogP contribution in [-0.4, -0.2) is 25.1 Å². The Labute approximate surface area is 148 Å². The third-order valence-electron chi connectivity index (χ3n) is 4.50. The second kappa shape index (κ2) is 7.05. The molecule has 1 aliphatic heterocycles. The zero-order chi connectivity index (χ0) is 18.0. The molecule has 3 rings (SSSR count). The molecule has 0 fully saturated rings. The molecule has 1 unspecified atom stereocenters. The van der Waals surface area contributed by atoms with Gasteiger partial charge in [0.05, 0.1) is 18.8 Å². The molecule has 1 heterocycles. The van der Waals surface area contributed by atoms with E-state index in [1.165, 1.54) is 0 Å². The fraction of sp³-hybridized carbons (Fsp3) is 0.350. The van der Waals surface area contributed by atoms with Crippen LogP contribution in [0.4, 0.5) is 17.1 Å². The first kappa shape index (κ1) is 17.1. The van der Waals surface area contributed by atoms with Gasteiger partial charge in [0.2, 0.25) is 5.91 Å². The van der Waals surface area contributed by atoms with Crippen molar-refractivity contribution in [3.63, 3.8) is 0 Å². The van der Waals surface area contributed by atoms with Crippen LogP contribution in [-0.2, 0) is 4.79 Å². The first-order chi connectivity index (χ1) is 12.0. The zero-order valence-corrected chi connectivity index (χ0v) is 15.0. The number of nitrogen functional groups attached to an aromatic ring is 1. The van der Waals surface area contributed by atoms with Crippen LogP contribution in [0.1, 0.15) is 24.5 Å². The van der Waals surface area contributed by atoms with Crippen LogP contribution in [0.5, 0.6) is 5.75 Å². The van der Waals surface area contributed by atoms with E-state index in [2.05, 4.69) is 12.2 Å². The van der Waals surface area contributed by atoms with Crippen LogP contribution < -0.4 is 20.7 Å². The normalized spacial score (nSPS) is 16.1. The number of hydrogen-bond acceptors (Lipinski definition) is 4. The van der Waals surface area contributed by atoms with Gasteiger partial charge in [-0.15, -0.1) is 0 Å². The number of anilines is 3. The quantitative estimate of drug-likeness (QED) is 0.837. The van der Waals surface area contributed by atoms with Crippen molar-refractivity contribution in [3.05, 3.63) is 47.5 Å². The number of nitrogens with zero attached hydrogens (tertiary/aromatic N) is 1. The van der Waals surface area contributed by atoms with Gasteiger partial charge in [-0.25, -0.2) is 0 Å². The van der Waals surface area contributed by atoms with Gasteiger partial charge in [-0.2, -0.15) is 0 Å². The number of rotatable bonds is 4. The molecule has 5 nitrogen and oxygen atoms in total. The maximum absolute atomic E-state index is 12.6. The molecule has 1 atom stereocenters. The summed E-state index contributed by atoms with van der Waals surface area (Å²) in [4.78, 5) is 14.7. The van der Waals surface area contributed by atoms with Gasteiger partial charge in [0.15, 0.2) is 0 Å². The smallest absolute Gasteiger partial charge is 0.243 e. The molecule has 2 aromatic carbocycles. The lowest BCUT2D eigenvalue weighted by atomic mass is 10.1. The first-order valence-corrected chi connectivity index (χ1v) is 8.64. The number of carbonyl (C=O) groups is 1. The standard InChI is InChI=1S/C20H25N3O2/c1-4-16-11-23(18-10-15(21)7-8-19(18)25-16)12-20(24)22-17-9-13(2)5-6-14(17)3/h5-10,16H,4,11-12,21H2,1-3H3,(H,22,24). The predicted octanol–water partition coefficient (Wildman–Crippen LogP) is 3.50. The van der Waals surface area contributed by atoms with Crippen molar-refractivity contribution in [3.8, 4) is 5.75 Å². The summed E-state index contributed by atoms with van der Waals surface area (Å²) in [5, 5.41) is 3.02. The number of carbonyl (C=O) groups excluding carboxylic acids is 1. The SMILES string of the molecule is CCC1CN(CC(=O)Nc2cc(C)ccc2C)c2cc(N)ccc2O1. The number of aryl methyl sites for hydroxylation is 2. The molecule has 0 aliphatic carbocycles. The number of hydrogen-bond donors (Lipinski definition) is 2. The lowest BCUT2D eigenvalue weighted by Gasteiger charge is -2.35. The van der Waals surface area contributed by atoms with E-state index in [9.17, 15) is 4.79 Å². The van der Waals surface area contributed by atoms with Crippen LogP contribution in [0, 0.1) is 13.8 Å². The monoisotopic (exact) mass is 339 g/mol. The number of benzene rings is 2. The Bertz CT molecular complexity index is 789. The number of nitrogens with one attached hydrogen (secondary N) is 1. The Morgan fingerprint density at radius 3 is 2.84 bits per heavy atom. The first-order valence-electron chi connectivity index (χ1n) is 8.64. The Balaban J connectivity index is 1.78. The molecule has 0 spiro atoms. The summed E-state index contributed by atoms with van der Waals surface area (Å²) in [5.41, 5.74) is 10.5. The van der Waals surface area contributed by atoms with E-state index in [-0.39, 0.29) is 18.6 Å². The average Bonchev–Trinajstić information content (AvgIpc) is 2.58. The van der Waals surface area contributed by atoms with Crippen molar-refractivity contribution in [2.45, 2.75) is 33.3 Å². The number of ether oxygens (including phenoxy) is 1. The van der Waals surface area contributed by atoms with E-state index in [0.717, 1.165) is 34.7 Å². The molecule has 132 valence electrons. The second-order valence-electron chi connectivity index (χ2n) is 6.62. The molecule has 1 amide bonds. The van der Waals surface area contributed by atoms with Crippen molar-refractivity contribution >= 4 is 23.0 Å². The van der Waals surface area contributed by atoms with Gasteiger partial charge in [-0.3, -0.25) is 4.79 Å². The summed E-state index contributed by atoms with van der Waals surface area (Å²) in [6.07, 6.45) is 0.962. The minimum Gasteiger partial charge on any atom is -0.486 e. The third-order valence-corrected chi connectivity index (χ3v) is 4.50. The van der Waals surface area contributed by atoms with Crippen LogP contribution >= 0.6 is 0 Å². The number of fused-ring (bicyclic) bond motifs is 1. The summed E-state index contributed by atoms with van der Waals surface area (Å²) in [5.74, 6) is 0.741. The Morgan fingerprint density at radius 2 is 2.08 bits per heavy atom. The summed E-state index contributed by atoms with van der Waals surface area (Å²) in [6, 6.07) is 11.6. The average molecular weight is 339 g/mol. The van der Waals surface area contributed by atoms with Crippen molar-refractivity contribution in [1.82, 2.24) is 0 Å². The molecular formula is C20H25N3O2. The topological polar surface area (TPSA) is 67.6 Å². The maximum Gasteiger partial charge on any atom is 0.243 e.